The quantitative estimate of drug-likeness (QED) is 0.838. The highest BCUT2D eigenvalue weighted by Crippen LogP contribution is 2.23. The van der Waals surface area contributed by atoms with Crippen LogP contribution < -0.4 is 10.2 Å². The average molecular weight is 324 g/mol. The molecule has 2 aliphatic rings. The molecule has 1 aromatic rings. The van der Waals surface area contributed by atoms with Crippen molar-refractivity contribution in [3.8, 4) is 0 Å². The summed E-state index contributed by atoms with van der Waals surface area (Å²) < 4.78 is 0. The smallest absolute Gasteiger partial charge is 0.251 e. The standard InChI is InChI=1S/C16H22ClN3O2/c17-14-9-11(10-15(19-14)20-7-3-4-8-20)16(22)18-12-5-1-2-6-13(12)21/h9-10,12-13,21H,1-8H2,(H,18,22). The summed E-state index contributed by atoms with van der Waals surface area (Å²) in [7, 11) is 0. The molecule has 2 N–H and O–H groups in total. The van der Waals surface area contributed by atoms with Gasteiger partial charge in [-0.2, -0.15) is 0 Å². The third-order valence-electron chi connectivity index (χ3n) is 4.52. The number of hydrogen-bond acceptors (Lipinski definition) is 4. The maximum absolute atomic E-state index is 12.5. The van der Waals surface area contributed by atoms with Gasteiger partial charge in [0.15, 0.2) is 0 Å². The van der Waals surface area contributed by atoms with Gasteiger partial charge in [0, 0.05) is 18.7 Å². The van der Waals surface area contributed by atoms with Gasteiger partial charge in [0.1, 0.15) is 11.0 Å². The lowest BCUT2D eigenvalue weighted by Gasteiger charge is -2.28. The Morgan fingerprint density at radius 2 is 1.95 bits per heavy atom. The number of pyridine rings is 1. The molecule has 120 valence electrons. The van der Waals surface area contributed by atoms with E-state index in [9.17, 15) is 9.90 Å². The van der Waals surface area contributed by atoms with Crippen molar-refractivity contribution in [2.45, 2.75) is 50.7 Å². The largest absolute Gasteiger partial charge is 0.391 e. The second-order valence-electron chi connectivity index (χ2n) is 6.16. The molecule has 0 spiro atoms. The number of rotatable bonds is 3. The van der Waals surface area contributed by atoms with Gasteiger partial charge in [0.2, 0.25) is 0 Å². The van der Waals surface area contributed by atoms with E-state index in [2.05, 4.69) is 15.2 Å². The van der Waals surface area contributed by atoms with Gasteiger partial charge in [-0.25, -0.2) is 4.98 Å². The summed E-state index contributed by atoms with van der Waals surface area (Å²) in [6, 6.07) is 3.22. The minimum absolute atomic E-state index is 0.163. The molecule has 22 heavy (non-hydrogen) atoms. The number of anilines is 1. The molecule has 0 bridgehead atoms. The number of nitrogens with zero attached hydrogens (tertiary/aromatic N) is 2. The molecule has 1 saturated carbocycles. The van der Waals surface area contributed by atoms with Gasteiger partial charge in [-0.3, -0.25) is 4.79 Å². The normalized spacial score (nSPS) is 25.3. The zero-order chi connectivity index (χ0) is 15.5. The molecule has 2 fully saturated rings. The molecule has 1 aliphatic carbocycles. The van der Waals surface area contributed by atoms with Crippen LogP contribution in [0.5, 0.6) is 0 Å². The Morgan fingerprint density at radius 1 is 1.23 bits per heavy atom. The molecule has 1 aromatic heterocycles. The van der Waals surface area contributed by atoms with Crippen molar-refractivity contribution in [1.29, 1.82) is 0 Å². The van der Waals surface area contributed by atoms with Crippen LogP contribution >= 0.6 is 11.6 Å². The Morgan fingerprint density at radius 3 is 2.68 bits per heavy atom. The molecular weight excluding hydrogens is 302 g/mol. The van der Waals surface area contributed by atoms with Crippen LogP contribution in [0.1, 0.15) is 48.9 Å². The lowest BCUT2D eigenvalue weighted by Crippen LogP contribution is -2.45. The number of amides is 1. The maximum atomic E-state index is 12.5. The van der Waals surface area contributed by atoms with E-state index < -0.39 is 6.10 Å². The monoisotopic (exact) mass is 323 g/mol. The molecule has 5 nitrogen and oxygen atoms in total. The van der Waals surface area contributed by atoms with E-state index in [1.807, 2.05) is 0 Å². The fourth-order valence-corrected chi connectivity index (χ4v) is 3.46. The number of halogens is 1. The zero-order valence-corrected chi connectivity index (χ0v) is 13.4. The number of nitrogens with one attached hydrogen (secondary N) is 1. The third-order valence-corrected chi connectivity index (χ3v) is 4.71. The first-order valence-corrected chi connectivity index (χ1v) is 8.43. The van der Waals surface area contributed by atoms with Crippen molar-refractivity contribution in [3.05, 3.63) is 22.8 Å². The number of carbonyl (C=O) groups is 1. The van der Waals surface area contributed by atoms with Gasteiger partial charge in [-0.05, 0) is 37.8 Å². The second-order valence-corrected chi connectivity index (χ2v) is 6.55. The van der Waals surface area contributed by atoms with Crippen LogP contribution in [0.15, 0.2) is 12.1 Å². The summed E-state index contributed by atoms with van der Waals surface area (Å²) in [5.74, 6) is 0.579. The van der Waals surface area contributed by atoms with E-state index in [0.717, 1.165) is 57.4 Å². The zero-order valence-electron chi connectivity index (χ0n) is 12.6. The maximum Gasteiger partial charge on any atom is 0.251 e. The van der Waals surface area contributed by atoms with E-state index >= 15 is 0 Å². The first kappa shape index (κ1) is 15.6. The third kappa shape index (κ3) is 3.52. The summed E-state index contributed by atoms with van der Waals surface area (Å²) in [5, 5.41) is 13.3. The Kier molecular flexibility index (Phi) is 4.84. The van der Waals surface area contributed by atoms with E-state index in [0.29, 0.717) is 10.7 Å². The van der Waals surface area contributed by atoms with Crippen LogP contribution in [0.2, 0.25) is 5.15 Å². The number of aliphatic hydroxyl groups excluding tert-OH is 1. The number of aromatic nitrogens is 1. The van der Waals surface area contributed by atoms with Crippen molar-refractivity contribution in [2.75, 3.05) is 18.0 Å². The molecule has 6 heteroatoms. The number of aliphatic hydroxyl groups is 1. The van der Waals surface area contributed by atoms with Crippen molar-refractivity contribution < 1.29 is 9.90 Å². The minimum Gasteiger partial charge on any atom is -0.391 e. The summed E-state index contributed by atoms with van der Waals surface area (Å²) >= 11 is 6.08. The van der Waals surface area contributed by atoms with Crippen LogP contribution in [-0.4, -0.2) is 41.2 Å². The lowest BCUT2D eigenvalue weighted by molar-refractivity contribution is 0.0717. The molecule has 1 saturated heterocycles. The van der Waals surface area contributed by atoms with Crippen molar-refractivity contribution >= 4 is 23.3 Å². The molecule has 1 amide bonds. The Hall–Kier alpha value is -1.33. The molecule has 2 atom stereocenters. The van der Waals surface area contributed by atoms with E-state index in [1.165, 1.54) is 0 Å². The lowest BCUT2D eigenvalue weighted by atomic mass is 9.92. The Balaban J connectivity index is 1.73. The van der Waals surface area contributed by atoms with Gasteiger partial charge >= 0.3 is 0 Å². The van der Waals surface area contributed by atoms with Crippen LogP contribution in [0.4, 0.5) is 5.82 Å². The first-order chi connectivity index (χ1) is 10.6. The van der Waals surface area contributed by atoms with Crippen LogP contribution in [0, 0.1) is 0 Å². The summed E-state index contributed by atoms with van der Waals surface area (Å²) in [4.78, 5) is 18.9. The Labute approximate surface area is 135 Å². The molecule has 0 aromatic carbocycles. The topological polar surface area (TPSA) is 65.5 Å². The highest BCUT2D eigenvalue weighted by molar-refractivity contribution is 6.29. The van der Waals surface area contributed by atoms with Crippen LogP contribution in [-0.2, 0) is 0 Å². The van der Waals surface area contributed by atoms with Gasteiger partial charge in [-0.15, -0.1) is 0 Å². The molecule has 2 unspecified atom stereocenters. The van der Waals surface area contributed by atoms with E-state index in [1.54, 1.807) is 12.1 Å². The molecule has 2 heterocycles. The summed E-state index contributed by atoms with van der Waals surface area (Å²) in [6.07, 6.45) is 5.47. The van der Waals surface area contributed by atoms with Gasteiger partial charge in [0.25, 0.3) is 5.91 Å². The van der Waals surface area contributed by atoms with Crippen molar-refractivity contribution in [3.63, 3.8) is 0 Å². The predicted molar refractivity (Wildman–Crippen MR) is 86.4 cm³/mol. The van der Waals surface area contributed by atoms with Crippen LogP contribution in [0.3, 0.4) is 0 Å². The molecule has 0 radical (unpaired) electrons. The van der Waals surface area contributed by atoms with Gasteiger partial charge in [0.05, 0.1) is 12.1 Å². The van der Waals surface area contributed by atoms with E-state index in [4.69, 9.17) is 11.6 Å². The fraction of sp³-hybridized carbons (Fsp3) is 0.625. The predicted octanol–water partition coefficient (Wildman–Crippen LogP) is 2.37. The minimum atomic E-state index is -0.451. The second kappa shape index (κ2) is 6.84. The summed E-state index contributed by atoms with van der Waals surface area (Å²) in [5.41, 5.74) is 0.514. The van der Waals surface area contributed by atoms with Crippen molar-refractivity contribution in [2.24, 2.45) is 0 Å². The van der Waals surface area contributed by atoms with E-state index in [-0.39, 0.29) is 11.9 Å². The number of carbonyl (C=O) groups excluding carboxylic acids is 1. The van der Waals surface area contributed by atoms with Crippen LogP contribution in [0.25, 0.3) is 0 Å². The molecular formula is C16H22ClN3O2. The van der Waals surface area contributed by atoms with Gasteiger partial charge < -0.3 is 15.3 Å². The average Bonchev–Trinajstić information content (AvgIpc) is 3.03. The van der Waals surface area contributed by atoms with Gasteiger partial charge in [-0.1, -0.05) is 24.4 Å². The highest BCUT2D eigenvalue weighted by atomic mass is 35.5. The fourth-order valence-electron chi connectivity index (χ4n) is 3.25. The molecule has 3 rings (SSSR count). The first-order valence-electron chi connectivity index (χ1n) is 8.05. The Bertz CT molecular complexity index is 546. The van der Waals surface area contributed by atoms with Crippen molar-refractivity contribution in [1.82, 2.24) is 10.3 Å². The molecule has 1 aliphatic heterocycles. The number of hydrogen-bond donors (Lipinski definition) is 2. The SMILES string of the molecule is O=C(NC1CCCCC1O)c1cc(Cl)nc(N2CCCC2)c1. The summed E-state index contributed by atoms with van der Waals surface area (Å²) in [6.45, 7) is 1.91. The highest BCUT2D eigenvalue weighted by Gasteiger charge is 2.25.